The third-order valence-corrected chi connectivity index (χ3v) is 4.47. The van der Waals surface area contributed by atoms with Crippen LogP contribution >= 0.6 is 0 Å². The molecule has 5 nitrogen and oxygen atoms in total. The molecule has 0 aliphatic carbocycles. The van der Waals surface area contributed by atoms with Crippen LogP contribution in [0.25, 0.3) is 0 Å². The van der Waals surface area contributed by atoms with E-state index in [0.717, 1.165) is 36.2 Å². The van der Waals surface area contributed by atoms with Crippen LogP contribution in [-0.2, 0) is 9.59 Å². The molecule has 1 fully saturated rings. The molecule has 0 unspecified atom stereocenters. The van der Waals surface area contributed by atoms with Crippen molar-refractivity contribution in [1.82, 2.24) is 0 Å². The molecule has 1 N–H and O–H groups in total. The molecule has 0 atom stereocenters. The van der Waals surface area contributed by atoms with Gasteiger partial charge in [-0.2, -0.15) is 0 Å². The van der Waals surface area contributed by atoms with E-state index in [1.165, 1.54) is 0 Å². The molecule has 2 amide bonds. The zero-order valence-corrected chi connectivity index (χ0v) is 15.2. The first-order valence-electron chi connectivity index (χ1n) is 8.93. The summed E-state index contributed by atoms with van der Waals surface area (Å²) in [6, 6.07) is 13.2. The van der Waals surface area contributed by atoms with Crippen molar-refractivity contribution in [3.05, 3.63) is 53.6 Å². The summed E-state index contributed by atoms with van der Waals surface area (Å²) in [5, 5.41) is 2.85. The van der Waals surface area contributed by atoms with Gasteiger partial charge in [-0.15, -0.1) is 0 Å². The van der Waals surface area contributed by atoms with Gasteiger partial charge in [0.05, 0.1) is 0 Å². The van der Waals surface area contributed by atoms with Crippen molar-refractivity contribution < 1.29 is 14.3 Å². The maximum atomic E-state index is 12.2. The molecule has 3 rings (SSSR count). The SMILES string of the molecule is Cc1cccc(OCC(=O)Nc2ccc(C)c(N3CCCCC3=O)c2)c1. The van der Waals surface area contributed by atoms with E-state index in [9.17, 15) is 9.59 Å². The van der Waals surface area contributed by atoms with Gasteiger partial charge < -0.3 is 15.0 Å². The quantitative estimate of drug-likeness (QED) is 0.889. The Bertz CT molecular complexity index is 817. The molecule has 0 bridgehead atoms. The van der Waals surface area contributed by atoms with Crippen LogP contribution in [0.2, 0.25) is 0 Å². The van der Waals surface area contributed by atoms with Crippen molar-refractivity contribution in [3.63, 3.8) is 0 Å². The summed E-state index contributed by atoms with van der Waals surface area (Å²) < 4.78 is 5.53. The smallest absolute Gasteiger partial charge is 0.262 e. The van der Waals surface area contributed by atoms with E-state index in [1.807, 2.05) is 61.2 Å². The molecule has 0 radical (unpaired) electrons. The highest BCUT2D eigenvalue weighted by Crippen LogP contribution is 2.27. The molecule has 5 heteroatoms. The Hall–Kier alpha value is -2.82. The molecule has 1 aliphatic rings. The minimum Gasteiger partial charge on any atom is -0.484 e. The van der Waals surface area contributed by atoms with Gasteiger partial charge in [0.2, 0.25) is 5.91 Å². The number of rotatable bonds is 5. The summed E-state index contributed by atoms with van der Waals surface area (Å²) in [5.74, 6) is 0.584. The fraction of sp³-hybridized carbons (Fsp3) is 0.333. The first-order valence-corrected chi connectivity index (χ1v) is 8.93. The second-order valence-corrected chi connectivity index (χ2v) is 6.66. The average Bonchev–Trinajstić information content (AvgIpc) is 2.62. The Morgan fingerprint density at radius 1 is 1.15 bits per heavy atom. The third-order valence-electron chi connectivity index (χ3n) is 4.47. The lowest BCUT2D eigenvalue weighted by molar-refractivity contribution is -0.119. The Morgan fingerprint density at radius 3 is 2.77 bits per heavy atom. The number of aryl methyl sites for hydroxylation is 2. The molecule has 1 aliphatic heterocycles. The van der Waals surface area contributed by atoms with E-state index >= 15 is 0 Å². The van der Waals surface area contributed by atoms with Crippen LogP contribution in [-0.4, -0.2) is 25.0 Å². The van der Waals surface area contributed by atoms with E-state index in [4.69, 9.17) is 4.74 Å². The molecule has 1 saturated heterocycles. The summed E-state index contributed by atoms with van der Waals surface area (Å²) >= 11 is 0. The monoisotopic (exact) mass is 352 g/mol. The van der Waals surface area contributed by atoms with Gasteiger partial charge in [-0.25, -0.2) is 0 Å². The standard InChI is InChI=1S/C21H24N2O3/c1-15-6-5-7-18(12-15)26-14-20(24)22-17-10-9-16(2)19(13-17)23-11-4-3-8-21(23)25/h5-7,9-10,12-13H,3-4,8,11,14H2,1-2H3,(H,22,24). The Balaban J connectivity index is 1.65. The highest BCUT2D eigenvalue weighted by molar-refractivity contribution is 5.97. The Kier molecular flexibility index (Phi) is 5.56. The second-order valence-electron chi connectivity index (χ2n) is 6.66. The molecule has 26 heavy (non-hydrogen) atoms. The number of piperidine rings is 1. The molecule has 0 spiro atoms. The van der Waals surface area contributed by atoms with Gasteiger partial charge in [0, 0.05) is 24.3 Å². The minimum absolute atomic E-state index is 0.0602. The van der Waals surface area contributed by atoms with Crippen molar-refractivity contribution >= 4 is 23.2 Å². The van der Waals surface area contributed by atoms with E-state index in [0.29, 0.717) is 17.9 Å². The van der Waals surface area contributed by atoms with E-state index in [2.05, 4.69) is 5.32 Å². The van der Waals surface area contributed by atoms with Gasteiger partial charge in [-0.05, 0) is 62.1 Å². The zero-order valence-electron chi connectivity index (χ0n) is 15.2. The molecule has 1 heterocycles. The number of nitrogens with zero attached hydrogens (tertiary/aromatic N) is 1. The lowest BCUT2D eigenvalue weighted by Crippen LogP contribution is -2.35. The Morgan fingerprint density at radius 2 is 2.00 bits per heavy atom. The van der Waals surface area contributed by atoms with E-state index in [-0.39, 0.29) is 18.4 Å². The van der Waals surface area contributed by atoms with Crippen LogP contribution in [0.3, 0.4) is 0 Å². The summed E-state index contributed by atoms with van der Waals surface area (Å²) in [5.41, 5.74) is 3.64. The fourth-order valence-corrected chi connectivity index (χ4v) is 3.09. The lowest BCUT2D eigenvalue weighted by atomic mass is 10.1. The largest absolute Gasteiger partial charge is 0.484 e. The number of hydrogen-bond donors (Lipinski definition) is 1. The van der Waals surface area contributed by atoms with E-state index in [1.54, 1.807) is 0 Å². The average molecular weight is 352 g/mol. The van der Waals surface area contributed by atoms with Crippen molar-refractivity contribution in [1.29, 1.82) is 0 Å². The first kappa shape index (κ1) is 18.0. The number of amides is 2. The van der Waals surface area contributed by atoms with Gasteiger partial charge >= 0.3 is 0 Å². The van der Waals surface area contributed by atoms with Crippen LogP contribution in [0, 0.1) is 13.8 Å². The maximum absolute atomic E-state index is 12.2. The van der Waals surface area contributed by atoms with E-state index < -0.39 is 0 Å². The molecule has 0 aromatic heterocycles. The predicted molar refractivity (Wildman–Crippen MR) is 103 cm³/mol. The summed E-state index contributed by atoms with van der Waals surface area (Å²) in [6.07, 6.45) is 2.54. The number of benzene rings is 2. The van der Waals surface area contributed by atoms with Crippen molar-refractivity contribution in [3.8, 4) is 5.75 Å². The molecule has 136 valence electrons. The Labute approximate surface area is 154 Å². The van der Waals surface area contributed by atoms with Gasteiger partial charge in [-0.3, -0.25) is 9.59 Å². The summed E-state index contributed by atoms with van der Waals surface area (Å²) in [7, 11) is 0. The van der Waals surface area contributed by atoms with Crippen LogP contribution in [0.1, 0.15) is 30.4 Å². The highest BCUT2D eigenvalue weighted by atomic mass is 16.5. The zero-order chi connectivity index (χ0) is 18.5. The second kappa shape index (κ2) is 8.04. The topological polar surface area (TPSA) is 58.6 Å². The van der Waals surface area contributed by atoms with Crippen LogP contribution in [0.4, 0.5) is 11.4 Å². The van der Waals surface area contributed by atoms with Crippen LogP contribution in [0.15, 0.2) is 42.5 Å². The minimum atomic E-state index is -0.230. The number of hydrogen-bond acceptors (Lipinski definition) is 3. The number of carbonyl (C=O) groups excluding carboxylic acids is 2. The van der Waals surface area contributed by atoms with Gasteiger partial charge in [0.1, 0.15) is 5.75 Å². The molecular formula is C21H24N2O3. The van der Waals surface area contributed by atoms with Crippen molar-refractivity contribution in [2.45, 2.75) is 33.1 Å². The number of ether oxygens (including phenoxy) is 1. The summed E-state index contributed by atoms with van der Waals surface area (Å²) in [4.78, 5) is 26.2. The molecular weight excluding hydrogens is 328 g/mol. The normalized spacial score (nSPS) is 14.2. The first-order chi connectivity index (χ1) is 12.5. The van der Waals surface area contributed by atoms with Gasteiger partial charge in [0.15, 0.2) is 6.61 Å². The lowest BCUT2D eigenvalue weighted by Gasteiger charge is -2.28. The number of nitrogens with one attached hydrogen (secondary N) is 1. The predicted octanol–water partition coefficient (Wildman–Crippen LogP) is 3.84. The summed E-state index contributed by atoms with van der Waals surface area (Å²) in [6.45, 7) is 4.62. The van der Waals surface area contributed by atoms with Crippen molar-refractivity contribution in [2.24, 2.45) is 0 Å². The van der Waals surface area contributed by atoms with Gasteiger partial charge in [-0.1, -0.05) is 18.2 Å². The highest BCUT2D eigenvalue weighted by Gasteiger charge is 2.21. The number of anilines is 2. The fourth-order valence-electron chi connectivity index (χ4n) is 3.09. The third kappa shape index (κ3) is 4.42. The van der Waals surface area contributed by atoms with Crippen LogP contribution in [0.5, 0.6) is 5.75 Å². The number of carbonyl (C=O) groups is 2. The van der Waals surface area contributed by atoms with Crippen LogP contribution < -0.4 is 15.0 Å². The van der Waals surface area contributed by atoms with Gasteiger partial charge in [0.25, 0.3) is 5.91 Å². The molecule has 0 saturated carbocycles. The molecule has 2 aromatic carbocycles. The van der Waals surface area contributed by atoms with Crippen molar-refractivity contribution in [2.75, 3.05) is 23.4 Å². The maximum Gasteiger partial charge on any atom is 0.262 e. The molecule has 2 aromatic rings.